The van der Waals surface area contributed by atoms with Gasteiger partial charge in [-0.1, -0.05) is 23.4 Å². The fourth-order valence-corrected chi connectivity index (χ4v) is 5.19. The molecule has 9 heteroatoms. The smallest absolute Gasteiger partial charge is 0.273 e. The standard InChI is InChI=1S/C14H15ClN2O4S2/c15-10-1-3-12(4-2-10)23(20,21)16-7-5-11(6-8-16)17-13(18)9-22-14(17)19/h1-4,11H,5-9H2. The number of carbonyl (C=O) groups is 2. The molecule has 2 saturated heterocycles. The van der Waals surface area contributed by atoms with E-state index in [9.17, 15) is 18.0 Å². The summed E-state index contributed by atoms with van der Waals surface area (Å²) in [5.41, 5.74) is 0. The number of nitrogens with zero attached hydrogens (tertiary/aromatic N) is 2. The molecule has 2 heterocycles. The maximum atomic E-state index is 12.6. The highest BCUT2D eigenvalue weighted by Gasteiger charge is 2.39. The lowest BCUT2D eigenvalue weighted by molar-refractivity contribution is -0.126. The molecule has 6 nitrogen and oxygen atoms in total. The van der Waals surface area contributed by atoms with E-state index in [-0.39, 0.29) is 40.9 Å². The van der Waals surface area contributed by atoms with Crippen LogP contribution in [0.25, 0.3) is 0 Å². The SMILES string of the molecule is O=C1CSC(=O)N1C1CCN(S(=O)(=O)c2ccc(Cl)cc2)CC1. The van der Waals surface area contributed by atoms with Crippen molar-refractivity contribution >= 4 is 44.5 Å². The molecule has 0 bridgehead atoms. The van der Waals surface area contributed by atoms with Gasteiger partial charge in [-0.25, -0.2) is 8.42 Å². The Morgan fingerprint density at radius 1 is 1.09 bits per heavy atom. The van der Waals surface area contributed by atoms with Crippen molar-refractivity contribution in [2.45, 2.75) is 23.8 Å². The van der Waals surface area contributed by atoms with Crippen LogP contribution in [-0.2, 0) is 14.8 Å². The van der Waals surface area contributed by atoms with Gasteiger partial charge in [-0.05, 0) is 37.1 Å². The van der Waals surface area contributed by atoms with E-state index in [1.807, 2.05) is 0 Å². The molecule has 0 aliphatic carbocycles. The van der Waals surface area contributed by atoms with Gasteiger partial charge >= 0.3 is 0 Å². The number of hydrogen-bond donors (Lipinski definition) is 0. The fraction of sp³-hybridized carbons (Fsp3) is 0.429. The highest BCUT2D eigenvalue weighted by atomic mass is 35.5. The molecule has 0 saturated carbocycles. The van der Waals surface area contributed by atoms with Crippen molar-refractivity contribution in [2.75, 3.05) is 18.8 Å². The summed E-state index contributed by atoms with van der Waals surface area (Å²) in [6.07, 6.45) is 0.926. The van der Waals surface area contributed by atoms with Crippen molar-refractivity contribution in [1.29, 1.82) is 0 Å². The molecular weight excluding hydrogens is 360 g/mol. The Bertz CT molecular complexity index is 712. The minimum atomic E-state index is -3.57. The summed E-state index contributed by atoms with van der Waals surface area (Å²) in [7, 11) is -3.57. The summed E-state index contributed by atoms with van der Waals surface area (Å²) >= 11 is 6.79. The summed E-state index contributed by atoms with van der Waals surface area (Å²) in [6, 6.07) is 5.84. The van der Waals surface area contributed by atoms with Crippen LogP contribution in [0.4, 0.5) is 4.79 Å². The van der Waals surface area contributed by atoms with Gasteiger partial charge in [0.2, 0.25) is 15.9 Å². The van der Waals surface area contributed by atoms with Gasteiger partial charge in [0, 0.05) is 24.2 Å². The third kappa shape index (κ3) is 3.26. The molecule has 2 aliphatic heterocycles. The molecule has 0 spiro atoms. The molecule has 0 N–H and O–H groups in total. The van der Waals surface area contributed by atoms with Gasteiger partial charge in [0.15, 0.2) is 0 Å². The maximum absolute atomic E-state index is 12.6. The van der Waals surface area contributed by atoms with Gasteiger partial charge in [0.25, 0.3) is 5.24 Å². The predicted molar refractivity (Wildman–Crippen MR) is 87.9 cm³/mol. The first-order valence-corrected chi connectivity index (χ1v) is 9.94. The number of carbonyl (C=O) groups excluding carboxylic acids is 2. The van der Waals surface area contributed by atoms with E-state index in [0.717, 1.165) is 11.8 Å². The molecule has 0 aromatic heterocycles. The monoisotopic (exact) mass is 374 g/mol. The molecule has 2 amide bonds. The van der Waals surface area contributed by atoms with E-state index in [2.05, 4.69) is 0 Å². The van der Waals surface area contributed by atoms with Gasteiger partial charge in [0.1, 0.15) is 0 Å². The third-order valence-corrected chi connectivity index (χ3v) is 7.02. The second-order valence-electron chi connectivity index (χ2n) is 5.41. The van der Waals surface area contributed by atoms with Crippen molar-refractivity contribution in [3.63, 3.8) is 0 Å². The molecule has 1 aromatic rings. The molecule has 0 atom stereocenters. The molecule has 3 rings (SSSR count). The number of thioether (sulfide) groups is 1. The first-order valence-electron chi connectivity index (χ1n) is 7.14. The Morgan fingerprint density at radius 2 is 1.70 bits per heavy atom. The molecule has 0 radical (unpaired) electrons. The average molecular weight is 375 g/mol. The predicted octanol–water partition coefficient (Wildman–Crippen LogP) is 2.19. The Morgan fingerprint density at radius 3 is 2.22 bits per heavy atom. The van der Waals surface area contributed by atoms with Crippen LogP contribution in [-0.4, -0.2) is 53.7 Å². The number of amides is 2. The number of imide groups is 1. The second kappa shape index (κ2) is 6.43. The van der Waals surface area contributed by atoms with Crippen LogP contribution in [0.2, 0.25) is 5.02 Å². The van der Waals surface area contributed by atoms with Crippen LogP contribution < -0.4 is 0 Å². The number of sulfonamides is 1. The van der Waals surface area contributed by atoms with Gasteiger partial charge in [-0.3, -0.25) is 14.5 Å². The fourth-order valence-electron chi connectivity index (χ4n) is 2.81. The summed E-state index contributed by atoms with van der Waals surface area (Å²) in [5, 5.41) is 0.250. The average Bonchev–Trinajstić information content (AvgIpc) is 2.87. The molecule has 23 heavy (non-hydrogen) atoms. The Balaban J connectivity index is 1.70. The van der Waals surface area contributed by atoms with Crippen LogP contribution in [0, 0.1) is 0 Å². The lowest BCUT2D eigenvalue weighted by Crippen LogP contribution is -2.48. The number of piperidine rings is 1. The van der Waals surface area contributed by atoms with E-state index >= 15 is 0 Å². The molecule has 2 aliphatic rings. The van der Waals surface area contributed by atoms with Crippen LogP contribution in [0.15, 0.2) is 29.2 Å². The number of hydrogen-bond acceptors (Lipinski definition) is 5. The topological polar surface area (TPSA) is 74.8 Å². The number of benzene rings is 1. The molecule has 1 aromatic carbocycles. The zero-order valence-corrected chi connectivity index (χ0v) is 14.5. The largest absolute Gasteiger partial charge is 0.289 e. The van der Waals surface area contributed by atoms with E-state index in [0.29, 0.717) is 17.9 Å². The number of rotatable bonds is 3. The Kier molecular flexibility index (Phi) is 4.68. The molecular formula is C14H15ClN2O4S2. The molecule has 124 valence electrons. The second-order valence-corrected chi connectivity index (χ2v) is 8.71. The van der Waals surface area contributed by atoms with Crippen LogP contribution in [0.1, 0.15) is 12.8 Å². The van der Waals surface area contributed by atoms with Gasteiger partial charge in [-0.2, -0.15) is 4.31 Å². The maximum Gasteiger partial charge on any atom is 0.289 e. The van der Waals surface area contributed by atoms with Crippen LogP contribution >= 0.6 is 23.4 Å². The zero-order valence-electron chi connectivity index (χ0n) is 12.1. The van der Waals surface area contributed by atoms with E-state index in [4.69, 9.17) is 11.6 Å². The van der Waals surface area contributed by atoms with Crippen LogP contribution in [0.3, 0.4) is 0 Å². The van der Waals surface area contributed by atoms with E-state index in [1.54, 1.807) is 12.1 Å². The van der Waals surface area contributed by atoms with E-state index < -0.39 is 10.0 Å². The van der Waals surface area contributed by atoms with Crippen molar-refractivity contribution in [2.24, 2.45) is 0 Å². The summed E-state index contributed by atoms with van der Waals surface area (Å²) in [4.78, 5) is 25.0. The Labute approximate surface area is 143 Å². The lowest BCUT2D eigenvalue weighted by Gasteiger charge is -2.34. The van der Waals surface area contributed by atoms with Crippen molar-refractivity contribution in [1.82, 2.24) is 9.21 Å². The zero-order chi connectivity index (χ0) is 16.6. The van der Waals surface area contributed by atoms with Crippen molar-refractivity contribution < 1.29 is 18.0 Å². The highest BCUT2D eigenvalue weighted by Crippen LogP contribution is 2.29. The van der Waals surface area contributed by atoms with E-state index in [1.165, 1.54) is 21.3 Å². The quantitative estimate of drug-likeness (QED) is 0.810. The summed E-state index contributed by atoms with van der Waals surface area (Å²) in [5.74, 6) is 0.00119. The lowest BCUT2D eigenvalue weighted by atomic mass is 10.1. The minimum Gasteiger partial charge on any atom is -0.273 e. The summed E-state index contributed by atoms with van der Waals surface area (Å²) < 4.78 is 26.6. The first-order chi connectivity index (χ1) is 10.9. The molecule has 2 fully saturated rings. The summed E-state index contributed by atoms with van der Waals surface area (Å²) in [6.45, 7) is 0.578. The number of halogens is 1. The normalized spacial score (nSPS) is 21.2. The third-order valence-electron chi connectivity index (χ3n) is 4.02. The first kappa shape index (κ1) is 16.8. The van der Waals surface area contributed by atoms with Crippen LogP contribution in [0.5, 0.6) is 0 Å². The van der Waals surface area contributed by atoms with Crippen molar-refractivity contribution in [3.8, 4) is 0 Å². The van der Waals surface area contributed by atoms with Gasteiger partial charge < -0.3 is 0 Å². The van der Waals surface area contributed by atoms with Crippen molar-refractivity contribution in [3.05, 3.63) is 29.3 Å². The molecule has 0 unspecified atom stereocenters. The van der Waals surface area contributed by atoms with Gasteiger partial charge in [-0.15, -0.1) is 0 Å². The Hall–Kier alpha value is -1.09. The van der Waals surface area contributed by atoms with Gasteiger partial charge in [0.05, 0.1) is 10.6 Å². The highest BCUT2D eigenvalue weighted by molar-refractivity contribution is 8.14. The minimum absolute atomic E-state index is 0.181.